The lowest BCUT2D eigenvalue weighted by atomic mass is 10.1. The predicted octanol–water partition coefficient (Wildman–Crippen LogP) is 5.29. The van der Waals surface area contributed by atoms with Crippen LogP contribution in [0.5, 0.6) is 0 Å². The number of rotatable bonds is 5. The summed E-state index contributed by atoms with van der Waals surface area (Å²) >= 11 is 13.4. The van der Waals surface area contributed by atoms with E-state index in [-0.39, 0.29) is 11.1 Å². The van der Waals surface area contributed by atoms with Crippen LogP contribution in [-0.2, 0) is 10.0 Å². The van der Waals surface area contributed by atoms with E-state index in [2.05, 4.69) is 20.0 Å². The summed E-state index contributed by atoms with van der Waals surface area (Å²) in [5.74, 6) is -0.316. The fourth-order valence-electron chi connectivity index (χ4n) is 2.92. The maximum absolute atomic E-state index is 12.8. The Labute approximate surface area is 192 Å². The van der Waals surface area contributed by atoms with Crippen LogP contribution in [0.2, 0.25) is 10.2 Å². The Hall–Kier alpha value is -2.72. The number of halogens is 2. The number of thiophene rings is 1. The summed E-state index contributed by atoms with van der Waals surface area (Å²) in [6.45, 7) is 0. The van der Waals surface area contributed by atoms with Gasteiger partial charge in [-0.25, -0.2) is 13.4 Å². The molecule has 0 unspecified atom stereocenters. The van der Waals surface area contributed by atoms with Crippen LogP contribution in [0, 0.1) is 0 Å². The molecule has 0 aliphatic heterocycles. The first-order chi connectivity index (χ1) is 14.7. The fraction of sp³-hybridized carbons (Fsp3) is 0.0500. The largest absolute Gasteiger partial charge is 0.321 e. The van der Waals surface area contributed by atoms with Crippen molar-refractivity contribution in [1.82, 2.24) is 9.97 Å². The van der Waals surface area contributed by atoms with Gasteiger partial charge in [-0.05, 0) is 47.9 Å². The Morgan fingerprint density at radius 1 is 1.03 bits per heavy atom. The normalized spacial score (nSPS) is 11.5. The Bertz CT molecular complexity index is 1420. The van der Waals surface area contributed by atoms with E-state index in [1.807, 2.05) is 0 Å². The molecule has 0 saturated heterocycles. The van der Waals surface area contributed by atoms with Crippen molar-refractivity contribution in [2.24, 2.45) is 0 Å². The second-order valence-corrected chi connectivity index (χ2v) is 10.3. The molecular weight excluding hydrogens is 479 g/mol. The van der Waals surface area contributed by atoms with Crippen LogP contribution in [0.1, 0.15) is 9.67 Å². The van der Waals surface area contributed by atoms with Gasteiger partial charge in [0, 0.05) is 26.7 Å². The Morgan fingerprint density at radius 3 is 2.58 bits per heavy atom. The van der Waals surface area contributed by atoms with Crippen molar-refractivity contribution in [1.29, 1.82) is 0 Å². The highest BCUT2D eigenvalue weighted by molar-refractivity contribution is 7.92. The monoisotopic (exact) mass is 492 g/mol. The molecule has 1 amide bonds. The number of nitrogens with zero attached hydrogens (tertiary/aromatic N) is 2. The first kappa shape index (κ1) is 21.5. The third-order valence-electron chi connectivity index (χ3n) is 4.10. The molecule has 0 bridgehead atoms. The number of carbonyl (C=O) groups is 1. The van der Waals surface area contributed by atoms with Gasteiger partial charge in [0.05, 0.1) is 29.2 Å². The van der Waals surface area contributed by atoms with E-state index in [9.17, 15) is 13.2 Å². The van der Waals surface area contributed by atoms with Crippen molar-refractivity contribution in [3.63, 3.8) is 0 Å². The van der Waals surface area contributed by atoms with Crippen molar-refractivity contribution in [3.8, 4) is 11.3 Å². The van der Waals surface area contributed by atoms with E-state index >= 15 is 0 Å². The van der Waals surface area contributed by atoms with Crippen molar-refractivity contribution < 1.29 is 13.2 Å². The minimum Gasteiger partial charge on any atom is -0.321 e. The number of hydrogen-bond donors (Lipinski definition) is 2. The van der Waals surface area contributed by atoms with E-state index in [1.54, 1.807) is 48.7 Å². The third-order valence-corrected chi connectivity index (χ3v) is 6.22. The molecule has 0 fully saturated rings. The second kappa shape index (κ2) is 8.43. The van der Waals surface area contributed by atoms with Crippen molar-refractivity contribution in [2.75, 3.05) is 16.3 Å². The highest BCUT2D eigenvalue weighted by Gasteiger charge is 2.13. The van der Waals surface area contributed by atoms with Gasteiger partial charge in [-0.3, -0.25) is 14.5 Å². The molecule has 11 heteroatoms. The summed E-state index contributed by atoms with van der Waals surface area (Å²) in [5, 5.41) is 4.25. The molecule has 7 nitrogen and oxygen atoms in total. The minimum atomic E-state index is -3.39. The molecule has 0 atom stereocenters. The zero-order chi connectivity index (χ0) is 22.2. The highest BCUT2D eigenvalue weighted by atomic mass is 35.5. The first-order valence-electron chi connectivity index (χ1n) is 8.77. The number of hydrogen-bond acceptors (Lipinski definition) is 6. The number of fused-ring (bicyclic) bond motifs is 1. The molecule has 2 aromatic heterocycles. The molecule has 2 aromatic carbocycles. The van der Waals surface area contributed by atoms with E-state index in [4.69, 9.17) is 23.2 Å². The number of anilines is 2. The summed E-state index contributed by atoms with van der Waals surface area (Å²) in [6.07, 6.45) is 4.06. The molecule has 0 saturated carbocycles. The SMILES string of the molecule is CS(=O)(=O)Nc1ccc2sc(C(=O)Nc3cc(Cl)cc(-c4cncc(Cl)n4)c3)cc2c1. The maximum Gasteiger partial charge on any atom is 0.265 e. The standard InChI is InChI=1S/C20H14Cl2N4O3S2/c1-31(28,29)26-14-2-3-17-12(6-14)7-18(30-17)20(27)24-15-5-11(4-13(21)8-15)16-9-23-10-19(22)25-16/h2-10,26H,1H3,(H,24,27). The van der Waals surface area contributed by atoms with Gasteiger partial charge in [-0.15, -0.1) is 11.3 Å². The lowest BCUT2D eigenvalue weighted by Gasteiger charge is -2.08. The van der Waals surface area contributed by atoms with Gasteiger partial charge in [0.15, 0.2) is 0 Å². The average molecular weight is 493 g/mol. The summed E-state index contributed by atoms with van der Waals surface area (Å²) in [4.78, 5) is 21.5. The van der Waals surface area contributed by atoms with Crippen LogP contribution in [-0.4, -0.2) is 30.5 Å². The van der Waals surface area contributed by atoms with Gasteiger partial charge in [-0.1, -0.05) is 23.2 Å². The van der Waals surface area contributed by atoms with Crippen LogP contribution in [0.25, 0.3) is 21.3 Å². The third kappa shape index (κ3) is 5.31. The lowest BCUT2D eigenvalue weighted by Crippen LogP contribution is -2.10. The van der Waals surface area contributed by atoms with Crippen LogP contribution in [0.15, 0.2) is 54.9 Å². The molecule has 0 radical (unpaired) electrons. The van der Waals surface area contributed by atoms with E-state index in [1.165, 1.54) is 17.5 Å². The summed E-state index contributed by atoms with van der Waals surface area (Å²) in [5.41, 5.74) is 2.11. The van der Waals surface area contributed by atoms with Gasteiger partial charge >= 0.3 is 0 Å². The van der Waals surface area contributed by atoms with Gasteiger partial charge in [0.1, 0.15) is 5.15 Å². The quantitative estimate of drug-likeness (QED) is 0.394. The highest BCUT2D eigenvalue weighted by Crippen LogP contribution is 2.30. The Morgan fingerprint density at radius 2 is 1.84 bits per heavy atom. The van der Waals surface area contributed by atoms with E-state index in [0.29, 0.717) is 32.5 Å². The molecule has 0 spiro atoms. The predicted molar refractivity (Wildman–Crippen MR) is 126 cm³/mol. The Kier molecular flexibility index (Phi) is 5.85. The van der Waals surface area contributed by atoms with Gasteiger partial charge < -0.3 is 5.32 Å². The van der Waals surface area contributed by atoms with E-state index < -0.39 is 10.0 Å². The zero-order valence-corrected chi connectivity index (χ0v) is 19.0. The van der Waals surface area contributed by atoms with Crippen LogP contribution in [0.4, 0.5) is 11.4 Å². The molecule has 158 valence electrons. The zero-order valence-electron chi connectivity index (χ0n) is 15.9. The second-order valence-electron chi connectivity index (χ2n) is 6.65. The number of nitrogens with one attached hydrogen (secondary N) is 2. The summed E-state index contributed by atoms with van der Waals surface area (Å²) < 4.78 is 26.1. The number of sulfonamides is 1. The average Bonchev–Trinajstić information content (AvgIpc) is 3.10. The first-order valence-corrected chi connectivity index (χ1v) is 12.2. The van der Waals surface area contributed by atoms with Crippen molar-refractivity contribution in [2.45, 2.75) is 0 Å². The van der Waals surface area contributed by atoms with Gasteiger partial charge in [0.25, 0.3) is 5.91 Å². The molecule has 2 heterocycles. The van der Waals surface area contributed by atoms with Crippen LogP contribution in [0.3, 0.4) is 0 Å². The van der Waals surface area contributed by atoms with Crippen LogP contribution < -0.4 is 10.0 Å². The van der Waals surface area contributed by atoms with Crippen molar-refractivity contribution in [3.05, 3.63) is 69.9 Å². The van der Waals surface area contributed by atoms with E-state index in [0.717, 1.165) is 16.3 Å². The fourth-order valence-corrected chi connectivity index (χ4v) is 4.79. The smallest absolute Gasteiger partial charge is 0.265 e. The number of aromatic nitrogens is 2. The molecule has 0 aliphatic rings. The molecule has 31 heavy (non-hydrogen) atoms. The van der Waals surface area contributed by atoms with Gasteiger partial charge in [-0.2, -0.15) is 0 Å². The van der Waals surface area contributed by atoms with Gasteiger partial charge in [0.2, 0.25) is 10.0 Å². The molecular formula is C20H14Cl2N4O3S2. The lowest BCUT2D eigenvalue weighted by molar-refractivity contribution is 0.103. The molecule has 2 N–H and O–H groups in total. The summed E-state index contributed by atoms with van der Waals surface area (Å²) in [7, 11) is -3.39. The maximum atomic E-state index is 12.8. The Balaban J connectivity index is 1.60. The molecule has 4 rings (SSSR count). The minimum absolute atomic E-state index is 0.248. The summed E-state index contributed by atoms with van der Waals surface area (Å²) in [6, 6.07) is 11.9. The number of amides is 1. The molecule has 4 aromatic rings. The molecule has 0 aliphatic carbocycles. The number of carbonyl (C=O) groups excluding carboxylic acids is 1. The topological polar surface area (TPSA) is 101 Å². The number of benzene rings is 2. The van der Waals surface area contributed by atoms with Crippen molar-refractivity contribution >= 4 is 71.9 Å². The van der Waals surface area contributed by atoms with Crippen LogP contribution >= 0.6 is 34.5 Å².